The number of methoxy groups -OCH3 is 1. The fourth-order valence-corrected chi connectivity index (χ4v) is 2.35. The minimum absolute atomic E-state index is 0.262. The van der Waals surface area contributed by atoms with Crippen LogP contribution in [0.4, 0.5) is 4.39 Å². The Bertz CT molecular complexity index is 764. The van der Waals surface area contributed by atoms with Gasteiger partial charge in [0.05, 0.1) is 24.7 Å². The molecule has 1 aromatic heterocycles. The molecule has 102 valence electrons. The fourth-order valence-electron chi connectivity index (χ4n) is 2.35. The van der Waals surface area contributed by atoms with Crippen LogP contribution in [0.25, 0.3) is 11.0 Å². The highest BCUT2D eigenvalue weighted by molar-refractivity contribution is 5.75. The minimum Gasteiger partial charge on any atom is -0.497 e. The van der Waals surface area contributed by atoms with Gasteiger partial charge < -0.3 is 9.30 Å². The molecule has 0 saturated heterocycles. The van der Waals surface area contributed by atoms with Gasteiger partial charge in [-0.15, -0.1) is 0 Å². The average molecular weight is 270 g/mol. The number of imidazole rings is 1. The highest BCUT2D eigenvalue weighted by Crippen LogP contribution is 2.21. The molecule has 0 unspecified atom stereocenters. The van der Waals surface area contributed by atoms with E-state index in [9.17, 15) is 4.39 Å². The second kappa shape index (κ2) is 4.96. The van der Waals surface area contributed by atoms with Gasteiger partial charge in [0, 0.05) is 11.6 Å². The van der Waals surface area contributed by atoms with Crippen LogP contribution in [0.2, 0.25) is 0 Å². The number of para-hydroxylation sites is 2. The number of aromatic nitrogens is 2. The Morgan fingerprint density at radius 3 is 2.75 bits per heavy atom. The van der Waals surface area contributed by atoms with E-state index < -0.39 is 0 Å². The molecular weight excluding hydrogens is 255 g/mol. The van der Waals surface area contributed by atoms with Crippen molar-refractivity contribution in [3.8, 4) is 5.75 Å². The Morgan fingerprint density at radius 1 is 1.20 bits per heavy atom. The first kappa shape index (κ1) is 12.7. The van der Waals surface area contributed by atoms with Gasteiger partial charge in [-0.05, 0) is 25.1 Å². The van der Waals surface area contributed by atoms with Crippen molar-refractivity contribution in [2.75, 3.05) is 7.11 Å². The summed E-state index contributed by atoms with van der Waals surface area (Å²) in [6, 6.07) is 12.8. The van der Waals surface area contributed by atoms with Gasteiger partial charge in [-0.3, -0.25) is 0 Å². The van der Waals surface area contributed by atoms with E-state index in [4.69, 9.17) is 4.74 Å². The molecule has 0 aliphatic heterocycles. The van der Waals surface area contributed by atoms with Crippen molar-refractivity contribution in [2.45, 2.75) is 13.5 Å². The van der Waals surface area contributed by atoms with Crippen molar-refractivity contribution in [1.82, 2.24) is 9.55 Å². The van der Waals surface area contributed by atoms with Crippen LogP contribution in [-0.2, 0) is 6.54 Å². The molecular formula is C16H15FN2O. The van der Waals surface area contributed by atoms with Gasteiger partial charge in [0.25, 0.3) is 0 Å². The number of halogens is 1. The van der Waals surface area contributed by atoms with Gasteiger partial charge in [0.15, 0.2) is 0 Å². The Morgan fingerprint density at radius 2 is 2.00 bits per heavy atom. The van der Waals surface area contributed by atoms with Gasteiger partial charge in [-0.25, -0.2) is 9.37 Å². The normalized spacial score (nSPS) is 10.9. The van der Waals surface area contributed by atoms with Crippen molar-refractivity contribution in [2.24, 2.45) is 0 Å². The topological polar surface area (TPSA) is 27.1 Å². The zero-order valence-corrected chi connectivity index (χ0v) is 11.4. The molecule has 0 bridgehead atoms. The standard InChI is InChI=1S/C16H15FN2O/c1-11-18-15-5-3-4-6-16(15)19(11)10-12-7-8-13(20-2)9-14(12)17/h3-9H,10H2,1-2H3. The van der Waals surface area contributed by atoms with Crippen LogP contribution in [0, 0.1) is 12.7 Å². The number of aryl methyl sites for hydroxylation is 1. The summed E-state index contributed by atoms with van der Waals surface area (Å²) in [4.78, 5) is 4.49. The van der Waals surface area contributed by atoms with Crippen LogP contribution in [0.3, 0.4) is 0 Å². The zero-order valence-electron chi connectivity index (χ0n) is 11.4. The zero-order chi connectivity index (χ0) is 14.1. The first-order valence-electron chi connectivity index (χ1n) is 6.43. The number of rotatable bonds is 3. The Kier molecular flexibility index (Phi) is 3.14. The number of ether oxygens (including phenoxy) is 1. The summed E-state index contributed by atoms with van der Waals surface area (Å²) >= 11 is 0. The molecule has 0 radical (unpaired) electrons. The minimum atomic E-state index is -0.262. The van der Waals surface area contributed by atoms with Crippen LogP contribution in [-0.4, -0.2) is 16.7 Å². The molecule has 2 aromatic carbocycles. The van der Waals surface area contributed by atoms with Crippen molar-refractivity contribution in [3.63, 3.8) is 0 Å². The Hall–Kier alpha value is -2.36. The van der Waals surface area contributed by atoms with Gasteiger partial charge in [0.1, 0.15) is 17.4 Å². The molecule has 0 amide bonds. The molecule has 0 spiro atoms. The second-order valence-electron chi connectivity index (χ2n) is 4.69. The van der Waals surface area contributed by atoms with Crippen LogP contribution in [0.5, 0.6) is 5.75 Å². The number of nitrogens with zero attached hydrogens (tertiary/aromatic N) is 2. The average Bonchev–Trinajstić information content (AvgIpc) is 2.77. The second-order valence-corrected chi connectivity index (χ2v) is 4.69. The van der Waals surface area contributed by atoms with Crippen molar-refractivity contribution in [3.05, 3.63) is 59.7 Å². The summed E-state index contributed by atoms with van der Waals surface area (Å²) in [6.45, 7) is 2.39. The molecule has 3 aromatic rings. The van der Waals surface area contributed by atoms with E-state index in [-0.39, 0.29) is 5.82 Å². The largest absolute Gasteiger partial charge is 0.497 e. The highest BCUT2D eigenvalue weighted by Gasteiger charge is 2.10. The first-order chi connectivity index (χ1) is 9.69. The maximum atomic E-state index is 14.0. The van der Waals surface area contributed by atoms with E-state index in [0.29, 0.717) is 17.9 Å². The van der Waals surface area contributed by atoms with Crippen molar-refractivity contribution < 1.29 is 9.13 Å². The summed E-state index contributed by atoms with van der Waals surface area (Å²) < 4.78 is 21.1. The molecule has 0 atom stereocenters. The highest BCUT2D eigenvalue weighted by atomic mass is 19.1. The first-order valence-corrected chi connectivity index (χ1v) is 6.43. The predicted molar refractivity (Wildman–Crippen MR) is 76.5 cm³/mol. The fraction of sp³-hybridized carbons (Fsp3) is 0.188. The summed E-state index contributed by atoms with van der Waals surface area (Å²) in [5.41, 5.74) is 2.57. The van der Waals surface area contributed by atoms with E-state index in [1.165, 1.54) is 13.2 Å². The number of hydrogen-bond acceptors (Lipinski definition) is 2. The molecule has 3 rings (SSSR count). The third kappa shape index (κ3) is 2.13. The summed E-state index contributed by atoms with van der Waals surface area (Å²) in [6.07, 6.45) is 0. The number of benzene rings is 2. The lowest BCUT2D eigenvalue weighted by Crippen LogP contribution is -2.04. The lowest BCUT2D eigenvalue weighted by molar-refractivity contribution is 0.410. The van der Waals surface area contributed by atoms with Gasteiger partial charge in [0.2, 0.25) is 0 Å². The predicted octanol–water partition coefficient (Wildman–Crippen LogP) is 3.54. The van der Waals surface area contributed by atoms with Crippen LogP contribution in [0.15, 0.2) is 42.5 Å². The number of fused-ring (bicyclic) bond motifs is 1. The summed E-state index contributed by atoms with van der Waals surface area (Å²) in [5, 5.41) is 0. The van der Waals surface area contributed by atoms with Crippen LogP contribution in [0.1, 0.15) is 11.4 Å². The molecule has 20 heavy (non-hydrogen) atoms. The lowest BCUT2D eigenvalue weighted by atomic mass is 10.2. The SMILES string of the molecule is COc1ccc(Cn2c(C)nc3ccccc32)c(F)c1. The Labute approximate surface area is 116 Å². The maximum absolute atomic E-state index is 14.0. The van der Waals surface area contributed by atoms with Gasteiger partial charge in [-0.2, -0.15) is 0 Å². The molecule has 0 aliphatic rings. The van der Waals surface area contributed by atoms with E-state index in [1.807, 2.05) is 35.8 Å². The smallest absolute Gasteiger partial charge is 0.131 e. The van der Waals surface area contributed by atoms with Crippen molar-refractivity contribution >= 4 is 11.0 Å². The third-order valence-corrected chi connectivity index (χ3v) is 3.43. The van der Waals surface area contributed by atoms with E-state index >= 15 is 0 Å². The molecule has 0 saturated carbocycles. The van der Waals surface area contributed by atoms with Gasteiger partial charge >= 0.3 is 0 Å². The van der Waals surface area contributed by atoms with Crippen LogP contribution >= 0.6 is 0 Å². The lowest BCUT2D eigenvalue weighted by Gasteiger charge is -2.09. The van der Waals surface area contributed by atoms with Crippen molar-refractivity contribution in [1.29, 1.82) is 0 Å². The van der Waals surface area contributed by atoms with E-state index in [2.05, 4.69) is 4.98 Å². The molecule has 0 aliphatic carbocycles. The molecule has 3 nitrogen and oxygen atoms in total. The quantitative estimate of drug-likeness (QED) is 0.728. The summed E-state index contributed by atoms with van der Waals surface area (Å²) in [7, 11) is 1.53. The molecule has 4 heteroatoms. The van der Waals surface area contributed by atoms with E-state index in [1.54, 1.807) is 12.1 Å². The van der Waals surface area contributed by atoms with Gasteiger partial charge in [-0.1, -0.05) is 18.2 Å². The molecule has 0 fully saturated rings. The molecule has 1 heterocycles. The molecule has 0 N–H and O–H groups in total. The number of hydrogen-bond donors (Lipinski definition) is 0. The third-order valence-electron chi connectivity index (χ3n) is 3.43. The van der Waals surface area contributed by atoms with E-state index in [0.717, 1.165) is 16.9 Å². The van der Waals surface area contributed by atoms with Crippen LogP contribution < -0.4 is 4.74 Å². The maximum Gasteiger partial charge on any atom is 0.131 e. The summed E-state index contributed by atoms with van der Waals surface area (Å²) in [5.74, 6) is 1.14. The monoisotopic (exact) mass is 270 g/mol. The Balaban J connectivity index is 2.03.